The van der Waals surface area contributed by atoms with Crippen LogP contribution in [0.1, 0.15) is 24.1 Å². The van der Waals surface area contributed by atoms with E-state index in [-0.39, 0.29) is 13.2 Å². The molecule has 1 fully saturated rings. The van der Waals surface area contributed by atoms with Crippen molar-refractivity contribution in [1.82, 2.24) is 5.32 Å². The molecule has 1 saturated heterocycles. The number of esters is 2. The van der Waals surface area contributed by atoms with Crippen molar-refractivity contribution in [2.75, 3.05) is 6.61 Å². The van der Waals surface area contributed by atoms with Gasteiger partial charge in [0.2, 0.25) is 0 Å². The number of alkyl halides is 3. The molecular weight excluding hydrogens is 460 g/mol. The van der Waals surface area contributed by atoms with Gasteiger partial charge in [0.1, 0.15) is 12.6 Å². The van der Waals surface area contributed by atoms with Crippen LogP contribution in [0, 0.1) is 11.8 Å². The zero-order valence-corrected chi connectivity index (χ0v) is 17.9. The van der Waals surface area contributed by atoms with E-state index in [1.165, 1.54) is 0 Å². The minimum atomic E-state index is -3.50. The third-order valence-corrected chi connectivity index (χ3v) is 5.57. The highest BCUT2D eigenvalue weighted by molar-refractivity contribution is 9.10. The largest absolute Gasteiger partial charge is 0.465 e. The Morgan fingerprint density at radius 2 is 1.60 bits per heavy atom. The van der Waals surface area contributed by atoms with Gasteiger partial charge in [-0.05, 0) is 34.0 Å². The van der Waals surface area contributed by atoms with Crippen molar-refractivity contribution >= 4 is 27.9 Å². The number of hydrogen-bond donors (Lipinski definition) is 1. The highest BCUT2D eigenvalue weighted by Crippen LogP contribution is 2.48. The summed E-state index contributed by atoms with van der Waals surface area (Å²) in [5.74, 6) is -4.64. The predicted molar refractivity (Wildman–Crippen MR) is 110 cm³/mol. The molecule has 160 valence electrons. The highest BCUT2D eigenvalue weighted by Gasteiger charge is 2.60. The summed E-state index contributed by atoms with van der Waals surface area (Å²) in [6.07, 6.45) is 0. The zero-order chi connectivity index (χ0) is 21.7. The smallest absolute Gasteiger partial charge is 0.323 e. The summed E-state index contributed by atoms with van der Waals surface area (Å²) < 4.78 is 39.6. The molecule has 2 aromatic carbocycles. The number of carbonyl (C=O) groups excluding carboxylic acids is 2. The third kappa shape index (κ3) is 5.05. The van der Waals surface area contributed by atoms with Gasteiger partial charge in [0.15, 0.2) is 0 Å². The molecule has 0 unspecified atom stereocenters. The van der Waals surface area contributed by atoms with E-state index in [1.807, 2.05) is 6.07 Å². The van der Waals surface area contributed by atoms with Crippen molar-refractivity contribution in [3.63, 3.8) is 0 Å². The maximum atomic E-state index is 14.6. The van der Waals surface area contributed by atoms with Crippen LogP contribution >= 0.6 is 15.9 Å². The van der Waals surface area contributed by atoms with Crippen molar-refractivity contribution in [2.45, 2.75) is 30.4 Å². The third-order valence-electron chi connectivity index (χ3n) is 5.04. The number of hydrogen-bond acceptors (Lipinski definition) is 5. The topological polar surface area (TPSA) is 64.6 Å². The number of ether oxygens (including phenoxy) is 2. The minimum absolute atomic E-state index is 0.0384. The standard InChI is InChI=1S/C22H22BrF2NO4/c1-2-29-21(28)19-17(22(23,24)25)16(18(26-19)15-11-7-4-8-12-15)20(27)30-13-14-9-5-3-6-10-14/h3-12,16-19,26H,2,13H2,1H3/t16-,17-,18-,19+/m0/s1. The van der Waals surface area contributed by atoms with E-state index in [0.29, 0.717) is 5.56 Å². The lowest BCUT2D eigenvalue weighted by Crippen LogP contribution is -2.44. The first-order valence-corrected chi connectivity index (χ1v) is 10.4. The summed E-state index contributed by atoms with van der Waals surface area (Å²) in [4.78, 5) is 22.0. The molecule has 0 aromatic heterocycles. The van der Waals surface area contributed by atoms with Crippen LogP contribution in [0.15, 0.2) is 60.7 Å². The quantitative estimate of drug-likeness (QED) is 0.473. The average Bonchev–Trinajstić information content (AvgIpc) is 3.15. The number of benzene rings is 2. The fourth-order valence-electron chi connectivity index (χ4n) is 3.73. The molecular formula is C22H22BrF2NO4. The SMILES string of the molecule is CCOC(=O)[C@@H]1N[C@@H](c2ccccc2)[C@@H](C(=O)OCc2ccccc2)[C@@H]1C(F)(F)Br. The first-order valence-electron chi connectivity index (χ1n) is 9.57. The van der Waals surface area contributed by atoms with Gasteiger partial charge in [-0.25, -0.2) is 0 Å². The second kappa shape index (κ2) is 9.66. The van der Waals surface area contributed by atoms with Gasteiger partial charge in [0, 0.05) is 6.04 Å². The number of halogens is 3. The molecule has 30 heavy (non-hydrogen) atoms. The monoisotopic (exact) mass is 481 g/mol. The normalized spacial score (nSPS) is 23.7. The number of rotatable bonds is 7. The molecule has 0 aliphatic carbocycles. The Balaban J connectivity index is 1.93. The lowest BCUT2D eigenvalue weighted by atomic mass is 9.84. The molecule has 1 aliphatic rings. The molecule has 0 saturated carbocycles. The Kier molecular flexibility index (Phi) is 7.20. The number of carbonyl (C=O) groups is 2. The zero-order valence-electron chi connectivity index (χ0n) is 16.3. The van der Waals surface area contributed by atoms with Crippen LogP contribution in [0.4, 0.5) is 8.78 Å². The van der Waals surface area contributed by atoms with Crippen LogP contribution < -0.4 is 5.32 Å². The lowest BCUT2D eigenvalue weighted by Gasteiger charge is -2.27. The molecule has 5 nitrogen and oxygen atoms in total. The second-order valence-electron chi connectivity index (χ2n) is 6.97. The predicted octanol–water partition coefficient (Wildman–Crippen LogP) is 4.23. The molecule has 1 heterocycles. The first-order chi connectivity index (χ1) is 14.3. The van der Waals surface area contributed by atoms with Crippen LogP contribution in [0.25, 0.3) is 0 Å². The Morgan fingerprint density at radius 3 is 2.17 bits per heavy atom. The highest BCUT2D eigenvalue weighted by atomic mass is 79.9. The second-order valence-corrected chi connectivity index (χ2v) is 8.03. The van der Waals surface area contributed by atoms with E-state index in [2.05, 4.69) is 21.2 Å². The van der Waals surface area contributed by atoms with E-state index in [4.69, 9.17) is 9.47 Å². The van der Waals surface area contributed by atoms with Gasteiger partial charge in [0.05, 0.1) is 18.4 Å². The summed E-state index contributed by atoms with van der Waals surface area (Å²) in [6.45, 7) is 1.58. The van der Waals surface area contributed by atoms with Crippen molar-refractivity contribution in [1.29, 1.82) is 0 Å². The Hall–Kier alpha value is -2.32. The Labute approximate surface area is 181 Å². The van der Waals surface area contributed by atoms with Gasteiger partial charge in [-0.15, -0.1) is 0 Å². The van der Waals surface area contributed by atoms with E-state index in [1.54, 1.807) is 61.5 Å². The van der Waals surface area contributed by atoms with E-state index in [0.717, 1.165) is 5.56 Å². The van der Waals surface area contributed by atoms with Crippen LogP contribution in [0.3, 0.4) is 0 Å². The minimum Gasteiger partial charge on any atom is -0.465 e. The van der Waals surface area contributed by atoms with Gasteiger partial charge in [-0.3, -0.25) is 14.9 Å². The fourth-order valence-corrected chi connectivity index (χ4v) is 4.28. The summed E-state index contributed by atoms with van der Waals surface area (Å²) in [6, 6.07) is 15.4. The summed E-state index contributed by atoms with van der Waals surface area (Å²) in [5, 5.41) is 2.89. The van der Waals surface area contributed by atoms with Crippen molar-refractivity contribution < 1.29 is 27.8 Å². The van der Waals surface area contributed by atoms with Gasteiger partial charge < -0.3 is 9.47 Å². The maximum absolute atomic E-state index is 14.6. The molecule has 1 aliphatic heterocycles. The van der Waals surface area contributed by atoms with Crippen LogP contribution in [-0.4, -0.2) is 29.4 Å². The van der Waals surface area contributed by atoms with Gasteiger partial charge >= 0.3 is 16.8 Å². The van der Waals surface area contributed by atoms with Gasteiger partial charge in [-0.1, -0.05) is 60.7 Å². The summed E-state index contributed by atoms with van der Waals surface area (Å²) in [5.41, 5.74) is 1.34. The van der Waals surface area contributed by atoms with Crippen LogP contribution in [-0.2, 0) is 25.7 Å². The summed E-state index contributed by atoms with van der Waals surface area (Å²) >= 11 is 2.38. The molecule has 0 spiro atoms. The van der Waals surface area contributed by atoms with Crippen molar-refractivity contribution in [2.24, 2.45) is 11.8 Å². The number of nitrogens with one attached hydrogen (secondary N) is 1. The average molecular weight is 482 g/mol. The first kappa shape index (κ1) is 22.4. The van der Waals surface area contributed by atoms with Gasteiger partial charge in [-0.2, -0.15) is 8.78 Å². The molecule has 8 heteroatoms. The van der Waals surface area contributed by atoms with Crippen molar-refractivity contribution in [3.8, 4) is 0 Å². The lowest BCUT2D eigenvalue weighted by molar-refractivity contribution is -0.157. The molecule has 1 N–H and O–H groups in total. The van der Waals surface area contributed by atoms with E-state index < -0.39 is 40.7 Å². The molecule has 3 rings (SSSR count). The van der Waals surface area contributed by atoms with Crippen molar-refractivity contribution in [3.05, 3.63) is 71.8 Å². The van der Waals surface area contributed by atoms with Gasteiger partial charge in [0.25, 0.3) is 0 Å². The maximum Gasteiger partial charge on any atom is 0.323 e. The summed E-state index contributed by atoms with van der Waals surface area (Å²) in [7, 11) is 0. The van der Waals surface area contributed by atoms with E-state index >= 15 is 0 Å². The Bertz CT molecular complexity index is 860. The van der Waals surface area contributed by atoms with Crippen LogP contribution in [0.2, 0.25) is 0 Å². The molecule has 0 bridgehead atoms. The molecule has 4 atom stereocenters. The van der Waals surface area contributed by atoms with Crippen LogP contribution in [0.5, 0.6) is 0 Å². The molecule has 2 aromatic rings. The molecule has 0 amide bonds. The fraction of sp³-hybridized carbons (Fsp3) is 0.364. The Morgan fingerprint density at radius 1 is 1.00 bits per heavy atom. The molecule has 0 radical (unpaired) electrons. The van der Waals surface area contributed by atoms with E-state index in [9.17, 15) is 18.4 Å².